The minimum atomic E-state index is -2.32. The molecule has 1 aromatic heterocycles. The Hall–Kier alpha value is -3.37. The molecule has 0 amide bonds. The van der Waals surface area contributed by atoms with Gasteiger partial charge >= 0.3 is 5.97 Å². The van der Waals surface area contributed by atoms with E-state index in [-0.39, 0.29) is 23.6 Å². The van der Waals surface area contributed by atoms with Gasteiger partial charge in [-0.05, 0) is 12.1 Å². The summed E-state index contributed by atoms with van der Waals surface area (Å²) < 4.78 is 103. The molecule has 0 unspecified atom stereocenters. The summed E-state index contributed by atoms with van der Waals surface area (Å²) in [7, 11) is 0. The van der Waals surface area contributed by atoms with Gasteiger partial charge in [0.2, 0.25) is 5.82 Å². The summed E-state index contributed by atoms with van der Waals surface area (Å²) in [4.78, 5) is 15.5. The predicted octanol–water partition coefficient (Wildman–Crippen LogP) is 4.99. The molecule has 30 heavy (non-hydrogen) atoms. The molecule has 0 fully saturated rings. The summed E-state index contributed by atoms with van der Waals surface area (Å²) in [6.07, 6.45) is 0.561. The van der Waals surface area contributed by atoms with E-state index in [0.29, 0.717) is 6.07 Å². The highest BCUT2D eigenvalue weighted by atomic mass is 19.2. The van der Waals surface area contributed by atoms with Crippen LogP contribution in [0, 0.1) is 40.7 Å². The zero-order chi connectivity index (χ0) is 22.0. The molecule has 2 aromatic carbocycles. The number of nitrogens with zero attached hydrogens (tertiary/aromatic N) is 1. The number of ether oxygens (including phenoxy) is 1. The zero-order valence-corrected chi connectivity index (χ0v) is 14.7. The van der Waals surface area contributed by atoms with Crippen LogP contribution in [0.2, 0.25) is 0 Å². The molecule has 0 radical (unpaired) electrons. The smallest absolute Gasteiger partial charge is 0.306 e. The van der Waals surface area contributed by atoms with Crippen LogP contribution in [-0.2, 0) is 22.6 Å². The van der Waals surface area contributed by atoms with Crippen molar-refractivity contribution in [3.63, 3.8) is 0 Å². The molecule has 0 aliphatic carbocycles. The highest BCUT2D eigenvalue weighted by molar-refractivity contribution is 5.69. The molecule has 0 bridgehead atoms. The molecule has 3 rings (SSSR count). The Balaban J connectivity index is 1.61. The minimum Gasteiger partial charge on any atom is -0.461 e. The fraction of sp³-hybridized carbons (Fsp3) is 0.158. The Labute approximate surface area is 163 Å². The van der Waals surface area contributed by atoms with Crippen molar-refractivity contribution < 1.29 is 44.7 Å². The molecule has 0 aliphatic rings. The number of esters is 1. The van der Waals surface area contributed by atoms with Gasteiger partial charge in [-0.15, -0.1) is 0 Å². The second kappa shape index (κ2) is 8.56. The van der Waals surface area contributed by atoms with E-state index in [0.717, 1.165) is 18.3 Å². The second-order valence-electron chi connectivity index (χ2n) is 5.95. The number of benzene rings is 2. The maximum atomic E-state index is 13.7. The molecular formula is C19H10F7NO3. The summed E-state index contributed by atoms with van der Waals surface area (Å²) >= 11 is 0. The Morgan fingerprint density at radius 1 is 0.933 bits per heavy atom. The Morgan fingerprint density at radius 2 is 1.57 bits per heavy atom. The van der Waals surface area contributed by atoms with Gasteiger partial charge in [0.25, 0.3) is 0 Å². The van der Waals surface area contributed by atoms with Crippen LogP contribution in [0.3, 0.4) is 0 Å². The third-order valence-electron chi connectivity index (χ3n) is 3.97. The van der Waals surface area contributed by atoms with Gasteiger partial charge in [-0.1, -0.05) is 0 Å². The van der Waals surface area contributed by atoms with Crippen molar-refractivity contribution >= 4 is 5.97 Å². The van der Waals surface area contributed by atoms with Crippen molar-refractivity contribution in [2.75, 3.05) is 0 Å². The fourth-order valence-electron chi connectivity index (χ4n) is 2.45. The molecule has 0 saturated heterocycles. The topological polar surface area (TPSA) is 52.3 Å². The van der Waals surface area contributed by atoms with Gasteiger partial charge in [0, 0.05) is 12.5 Å². The summed E-state index contributed by atoms with van der Waals surface area (Å²) in [5, 5.41) is 0. The molecule has 0 N–H and O–H groups in total. The monoisotopic (exact) mass is 433 g/mol. The van der Waals surface area contributed by atoms with Crippen molar-refractivity contribution in [3.05, 3.63) is 76.6 Å². The first-order chi connectivity index (χ1) is 14.2. The summed E-state index contributed by atoms with van der Waals surface area (Å²) in [6.45, 7) is -1.18. The van der Waals surface area contributed by atoms with Gasteiger partial charge < -0.3 is 9.15 Å². The molecule has 11 heteroatoms. The Kier molecular flexibility index (Phi) is 6.09. The standard InChI is InChI=1S/C19H10F7NO3/c20-8-1-2-9(11(21)5-8)12-6-27-13(30-12)3-4-14(28)29-7-10-15(22)17(24)19(26)18(25)16(10)23/h1-2,5-6H,3-4,7H2. The lowest BCUT2D eigenvalue weighted by atomic mass is 10.2. The van der Waals surface area contributed by atoms with Gasteiger partial charge in [0.05, 0.1) is 23.7 Å². The van der Waals surface area contributed by atoms with E-state index in [2.05, 4.69) is 9.72 Å². The van der Waals surface area contributed by atoms with E-state index >= 15 is 0 Å². The number of oxazole rings is 1. The van der Waals surface area contributed by atoms with Gasteiger partial charge in [-0.25, -0.2) is 35.7 Å². The number of halogens is 7. The summed E-state index contributed by atoms with van der Waals surface area (Å²) in [5.74, 6) is -13.6. The largest absolute Gasteiger partial charge is 0.461 e. The number of rotatable bonds is 6. The molecule has 0 spiro atoms. The van der Waals surface area contributed by atoms with Crippen LogP contribution in [0.4, 0.5) is 30.7 Å². The quantitative estimate of drug-likeness (QED) is 0.238. The minimum absolute atomic E-state index is 0.0260. The van der Waals surface area contributed by atoms with Gasteiger partial charge in [0.15, 0.2) is 34.9 Å². The van der Waals surface area contributed by atoms with Crippen LogP contribution < -0.4 is 0 Å². The number of aromatic nitrogens is 1. The van der Waals surface area contributed by atoms with E-state index in [1.54, 1.807) is 0 Å². The van der Waals surface area contributed by atoms with E-state index in [9.17, 15) is 35.5 Å². The zero-order valence-electron chi connectivity index (χ0n) is 14.7. The van der Waals surface area contributed by atoms with E-state index in [4.69, 9.17) is 4.42 Å². The van der Waals surface area contributed by atoms with E-state index in [1.165, 1.54) is 0 Å². The van der Waals surface area contributed by atoms with Crippen LogP contribution >= 0.6 is 0 Å². The lowest BCUT2D eigenvalue weighted by Crippen LogP contribution is -2.12. The van der Waals surface area contributed by atoms with Gasteiger partial charge in [-0.2, -0.15) is 0 Å². The van der Waals surface area contributed by atoms with Crippen LogP contribution in [0.1, 0.15) is 17.9 Å². The Morgan fingerprint density at radius 3 is 2.20 bits per heavy atom. The SMILES string of the molecule is O=C(CCc1ncc(-c2ccc(F)cc2F)o1)OCc1c(F)c(F)c(F)c(F)c1F. The lowest BCUT2D eigenvalue weighted by molar-refractivity contribution is -0.145. The molecule has 0 atom stereocenters. The van der Waals surface area contributed by atoms with Crippen LogP contribution in [-0.4, -0.2) is 11.0 Å². The Bertz CT molecular complexity index is 1080. The van der Waals surface area contributed by atoms with E-state index in [1.807, 2.05) is 0 Å². The summed E-state index contributed by atoms with van der Waals surface area (Å²) in [5.41, 5.74) is -1.35. The second-order valence-corrected chi connectivity index (χ2v) is 5.95. The van der Waals surface area contributed by atoms with Crippen molar-refractivity contribution in [3.8, 4) is 11.3 Å². The predicted molar refractivity (Wildman–Crippen MR) is 86.2 cm³/mol. The molecular weight excluding hydrogens is 423 g/mol. The number of carbonyl (C=O) groups is 1. The normalized spacial score (nSPS) is 11.0. The van der Waals surface area contributed by atoms with Gasteiger partial charge in [-0.3, -0.25) is 4.79 Å². The molecule has 158 valence electrons. The third-order valence-corrected chi connectivity index (χ3v) is 3.97. The maximum Gasteiger partial charge on any atom is 0.306 e. The number of carbonyl (C=O) groups excluding carboxylic acids is 1. The van der Waals surface area contributed by atoms with Crippen molar-refractivity contribution in [1.82, 2.24) is 4.98 Å². The van der Waals surface area contributed by atoms with Crippen LogP contribution in [0.25, 0.3) is 11.3 Å². The highest BCUT2D eigenvalue weighted by Gasteiger charge is 2.26. The van der Waals surface area contributed by atoms with Gasteiger partial charge in [0.1, 0.15) is 18.2 Å². The molecule has 0 aliphatic heterocycles. The van der Waals surface area contributed by atoms with E-state index < -0.39 is 65.3 Å². The maximum absolute atomic E-state index is 13.7. The number of aryl methyl sites for hydroxylation is 1. The van der Waals surface area contributed by atoms with Crippen molar-refractivity contribution in [2.24, 2.45) is 0 Å². The molecule has 3 aromatic rings. The molecule has 1 heterocycles. The van der Waals surface area contributed by atoms with Crippen LogP contribution in [0.15, 0.2) is 28.8 Å². The van der Waals surface area contributed by atoms with Crippen LogP contribution in [0.5, 0.6) is 0 Å². The molecule has 4 nitrogen and oxygen atoms in total. The first-order valence-electron chi connectivity index (χ1n) is 8.25. The van der Waals surface area contributed by atoms with Crippen molar-refractivity contribution in [2.45, 2.75) is 19.4 Å². The number of hydrogen-bond donors (Lipinski definition) is 0. The lowest BCUT2D eigenvalue weighted by Gasteiger charge is -2.09. The summed E-state index contributed by atoms with van der Waals surface area (Å²) in [6, 6.07) is 2.79. The molecule has 0 saturated carbocycles. The average molecular weight is 433 g/mol. The first kappa shape index (κ1) is 21.3. The fourth-order valence-corrected chi connectivity index (χ4v) is 2.45. The highest BCUT2D eigenvalue weighted by Crippen LogP contribution is 2.25. The first-order valence-corrected chi connectivity index (χ1v) is 8.25. The average Bonchev–Trinajstić information content (AvgIpc) is 3.18. The third kappa shape index (κ3) is 4.29. The van der Waals surface area contributed by atoms with Crippen molar-refractivity contribution in [1.29, 1.82) is 0 Å². The number of hydrogen-bond acceptors (Lipinski definition) is 4.